The molecule has 0 aliphatic rings. The zero-order chi connectivity index (χ0) is 12.3. The lowest BCUT2D eigenvalue weighted by Gasteiger charge is -2.02. The Bertz CT molecular complexity index is 509. The van der Waals surface area contributed by atoms with Crippen molar-refractivity contribution in [3.8, 4) is 0 Å². The lowest BCUT2D eigenvalue weighted by Crippen LogP contribution is -1.85. The van der Waals surface area contributed by atoms with Gasteiger partial charge >= 0.3 is 0 Å². The van der Waals surface area contributed by atoms with Crippen molar-refractivity contribution in [2.75, 3.05) is 0 Å². The molecule has 0 aromatic heterocycles. The summed E-state index contributed by atoms with van der Waals surface area (Å²) in [5.74, 6) is -1.40. The second kappa shape index (κ2) is 5.27. The minimum absolute atomic E-state index is 0.286. The van der Waals surface area contributed by atoms with Gasteiger partial charge in [0.25, 0.3) is 0 Å². The molecule has 2 aromatic carbocycles. The number of benzene rings is 2. The maximum absolute atomic E-state index is 12.9. The van der Waals surface area contributed by atoms with Gasteiger partial charge in [-0.05, 0) is 35.9 Å². The maximum atomic E-state index is 12.9. The molecule has 0 N–H and O–H groups in total. The Hall–Kier alpha value is -1.42. The number of halogens is 3. The first-order valence-corrected chi connectivity index (χ1v) is 5.96. The zero-order valence-corrected chi connectivity index (χ0v) is 9.61. The summed E-state index contributed by atoms with van der Waals surface area (Å²) in [7, 11) is 0. The quantitative estimate of drug-likeness (QED) is 0.732. The fraction of sp³-hybridized carbons (Fsp3) is 0.0769. The van der Waals surface area contributed by atoms with E-state index in [0.29, 0.717) is 10.6 Å². The minimum atomic E-state index is -0.853. The van der Waals surface area contributed by atoms with Crippen LogP contribution in [0.25, 0.3) is 0 Å². The molecule has 0 unspecified atom stereocenters. The molecule has 17 heavy (non-hydrogen) atoms. The standard InChI is InChI=1S/C13H9F3S/c14-10-3-1-9(2-4-10)8-17-11-5-6-12(15)13(16)7-11/h1-7H,8H2. The minimum Gasteiger partial charge on any atom is -0.207 e. The van der Waals surface area contributed by atoms with Crippen LogP contribution in [0.3, 0.4) is 0 Å². The van der Waals surface area contributed by atoms with Crippen LogP contribution in [0.1, 0.15) is 5.56 Å². The second-order valence-electron chi connectivity index (χ2n) is 3.49. The van der Waals surface area contributed by atoms with E-state index in [0.717, 1.165) is 17.7 Å². The molecule has 0 radical (unpaired) electrons. The summed E-state index contributed by atoms with van der Waals surface area (Å²) in [5.41, 5.74) is 0.932. The van der Waals surface area contributed by atoms with Crippen LogP contribution >= 0.6 is 11.8 Å². The van der Waals surface area contributed by atoms with Crippen molar-refractivity contribution in [1.82, 2.24) is 0 Å². The van der Waals surface area contributed by atoms with Crippen LogP contribution < -0.4 is 0 Å². The van der Waals surface area contributed by atoms with Crippen LogP contribution in [0.4, 0.5) is 13.2 Å². The highest BCUT2D eigenvalue weighted by molar-refractivity contribution is 7.98. The van der Waals surface area contributed by atoms with Crippen molar-refractivity contribution >= 4 is 11.8 Å². The molecule has 4 heteroatoms. The highest BCUT2D eigenvalue weighted by Gasteiger charge is 2.03. The van der Waals surface area contributed by atoms with Crippen LogP contribution in [-0.2, 0) is 5.75 Å². The molecule has 0 atom stereocenters. The topological polar surface area (TPSA) is 0 Å². The van der Waals surface area contributed by atoms with Crippen LogP contribution in [0.2, 0.25) is 0 Å². The first kappa shape index (κ1) is 12.0. The Balaban J connectivity index is 2.02. The molecule has 0 saturated carbocycles. The predicted octanol–water partition coefficient (Wildman–Crippen LogP) is 4.40. The summed E-state index contributed by atoms with van der Waals surface area (Å²) in [5, 5.41) is 0. The average Bonchev–Trinajstić information content (AvgIpc) is 2.33. The molecule has 0 saturated heterocycles. The highest BCUT2D eigenvalue weighted by Crippen LogP contribution is 2.24. The molecule has 0 bridgehead atoms. The molecule has 0 fully saturated rings. The summed E-state index contributed by atoms with van der Waals surface area (Å²) in [6.07, 6.45) is 0. The first-order valence-electron chi connectivity index (χ1n) is 4.97. The molecule has 0 nitrogen and oxygen atoms in total. The van der Waals surface area contributed by atoms with Gasteiger partial charge in [0.05, 0.1) is 0 Å². The molecule has 0 aliphatic carbocycles. The van der Waals surface area contributed by atoms with Gasteiger partial charge in [-0.25, -0.2) is 13.2 Å². The Morgan fingerprint density at radius 2 is 1.53 bits per heavy atom. The molecule has 2 rings (SSSR count). The normalized spacial score (nSPS) is 10.5. The summed E-state index contributed by atoms with van der Waals surface area (Å²) in [4.78, 5) is 0.647. The third-order valence-electron chi connectivity index (χ3n) is 2.21. The molecule has 0 heterocycles. The Kier molecular flexibility index (Phi) is 3.74. The Labute approximate surface area is 101 Å². The number of thioether (sulfide) groups is 1. The van der Waals surface area contributed by atoms with Crippen molar-refractivity contribution in [3.05, 3.63) is 65.5 Å². The second-order valence-corrected chi connectivity index (χ2v) is 4.54. The number of rotatable bonds is 3. The molecule has 2 aromatic rings. The van der Waals surface area contributed by atoms with Crippen molar-refractivity contribution in [3.63, 3.8) is 0 Å². The third kappa shape index (κ3) is 3.27. The maximum Gasteiger partial charge on any atom is 0.159 e. The summed E-state index contributed by atoms with van der Waals surface area (Å²) in [6, 6.07) is 9.87. The van der Waals surface area contributed by atoms with E-state index in [1.165, 1.54) is 30.0 Å². The van der Waals surface area contributed by atoms with E-state index < -0.39 is 11.6 Å². The number of hydrogen-bond donors (Lipinski definition) is 0. The van der Waals surface area contributed by atoms with E-state index in [4.69, 9.17) is 0 Å². The van der Waals surface area contributed by atoms with E-state index in [1.54, 1.807) is 12.1 Å². The van der Waals surface area contributed by atoms with E-state index in [2.05, 4.69) is 0 Å². The molecule has 88 valence electrons. The van der Waals surface area contributed by atoms with Crippen molar-refractivity contribution in [2.24, 2.45) is 0 Å². The molecule has 0 spiro atoms. The van der Waals surface area contributed by atoms with Gasteiger partial charge in [0.15, 0.2) is 11.6 Å². The Morgan fingerprint density at radius 3 is 2.18 bits per heavy atom. The lowest BCUT2D eigenvalue weighted by atomic mass is 10.2. The third-order valence-corrected chi connectivity index (χ3v) is 3.27. The monoisotopic (exact) mass is 254 g/mol. The van der Waals surface area contributed by atoms with E-state index in [-0.39, 0.29) is 5.82 Å². The van der Waals surface area contributed by atoms with Gasteiger partial charge in [-0.1, -0.05) is 12.1 Å². The van der Waals surface area contributed by atoms with Gasteiger partial charge in [0.1, 0.15) is 5.82 Å². The fourth-order valence-electron chi connectivity index (χ4n) is 1.31. The van der Waals surface area contributed by atoms with Crippen molar-refractivity contribution in [1.29, 1.82) is 0 Å². The number of hydrogen-bond acceptors (Lipinski definition) is 1. The molecular weight excluding hydrogens is 245 g/mol. The van der Waals surface area contributed by atoms with Crippen LogP contribution in [0, 0.1) is 17.5 Å². The average molecular weight is 254 g/mol. The first-order chi connectivity index (χ1) is 8.15. The summed E-state index contributed by atoms with van der Waals surface area (Å²) in [6.45, 7) is 0. The highest BCUT2D eigenvalue weighted by atomic mass is 32.2. The van der Waals surface area contributed by atoms with Gasteiger partial charge in [0, 0.05) is 10.6 Å². The fourth-order valence-corrected chi connectivity index (χ4v) is 2.19. The van der Waals surface area contributed by atoms with Gasteiger partial charge < -0.3 is 0 Å². The van der Waals surface area contributed by atoms with Crippen LogP contribution in [0.5, 0.6) is 0 Å². The van der Waals surface area contributed by atoms with Gasteiger partial charge in [0.2, 0.25) is 0 Å². The smallest absolute Gasteiger partial charge is 0.159 e. The van der Waals surface area contributed by atoms with Crippen molar-refractivity contribution < 1.29 is 13.2 Å². The molecule has 0 amide bonds. The van der Waals surface area contributed by atoms with E-state index >= 15 is 0 Å². The van der Waals surface area contributed by atoms with E-state index in [9.17, 15) is 13.2 Å². The van der Waals surface area contributed by atoms with Gasteiger partial charge in [-0.3, -0.25) is 0 Å². The van der Waals surface area contributed by atoms with E-state index in [1.807, 2.05) is 0 Å². The SMILES string of the molecule is Fc1ccc(CSc2ccc(F)c(F)c2)cc1. The van der Waals surface area contributed by atoms with Crippen LogP contribution in [0.15, 0.2) is 47.4 Å². The predicted molar refractivity (Wildman–Crippen MR) is 62.3 cm³/mol. The van der Waals surface area contributed by atoms with Gasteiger partial charge in [-0.15, -0.1) is 11.8 Å². The Morgan fingerprint density at radius 1 is 0.824 bits per heavy atom. The summed E-state index contributed by atoms with van der Waals surface area (Å²) >= 11 is 1.37. The van der Waals surface area contributed by atoms with Crippen LogP contribution in [-0.4, -0.2) is 0 Å². The van der Waals surface area contributed by atoms with Gasteiger partial charge in [-0.2, -0.15) is 0 Å². The van der Waals surface area contributed by atoms with Crippen molar-refractivity contribution in [2.45, 2.75) is 10.6 Å². The zero-order valence-electron chi connectivity index (χ0n) is 8.79. The lowest BCUT2D eigenvalue weighted by molar-refractivity contribution is 0.506. The molecular formula is C13H9F3S. The largest absolute Gasteiger partial charge is 0.207 e. The molecule has 0 aliphatic heterocycles. The summed E-state index contributed by atoms with van der Waals surface area (Å²) < 4.78 is 38.2.